The van der Waals surface area contributed by atoms with Gasteiger partial charge in [-0.2, -0.15) is 0 Å². The monoisotopic (exact) mass is 306 g/mol. The quantitative estimate of drug-likeness (QED) is 0.830. The van der Waals surface area contributed by atoms with Crippen molar-refractivity contribution in [2.45, 2.75) is 23.5 Å². The van der Waals surface area contributed by atoms with Crippen molar-refractivity contribution < 1.29 is 9.90 Å². The highest BCUT2D eigenvalue weighted by Crippen LogP contribution is 2.27. The number of carboxylic acids is 1. The molecule has 0 fully saturated rings. The second-order valence-corrected chi connectivity index (χ2v) is 6.25. The smallest absolute Gasteiger partial charge is 0.317 e. The number of hydrogen-bond donors (Lipinski definition) is 1. The minimum Gasteiger partial charge on any atom is -0.480 e. The SMILES string of the molecule is Cc1ccc(Cl)cc1C[C@H](Sc1ccccc1)C(=O)O. The summed E-state index contributed by atoms with van der Waals surface area (Å²) in [6.45, 7) is 1.97. The number of rotatable bonds is 5. The molecule has 20 heavy (non-hydrogen) atoms. The molecule has 2 aromatic rings. The number of aryl methyl sites for hydroxylation is 1. The lowest BCUT2D eigenvalue weighted by molar-refractivity contribution is -0.136. The van der Waals surface area contributed by atoms with E-state index in [0.717, 1.165) is 16.0 Å². The first-order valence-electron chi connectivity index (χ1n) is 6.26. The fraction of sp³-hybridized carbons (Fsp3) is 0.188. The van der Waals surface area contributed by atoms with E-state index in [9.17, 15) is 9.90 Å². The lowest BCUT2D eigenvalue weighted by Crippen LogP contribution is -2.19. The van der Waals surface area contributed by atoms with E-state index >= 15 is 0 Å². The van der Waals surface area contributed by atoms with Crippen molar-refractivity contribution in [2.75, 3.05) is 0 Å². The Morgan fingerprint density at radius 2 is 1.95 bits per heavy atom. The van der Waals surface area contributed by atoms with Crippen LogP contribution in [-0.2, 0) is 11.2 Å². The number of thioether (sulfide) groups is 1. The van der Waals surface area contributed by atoms with Crippen LogP contribution in [0.3, 0.4) is 0 Å². The Labute approximate surface area is 127 Å². The van der Waals surface area contributed by atoms with Gasteiger partial charge in [-0.25, -0.2) is 0 Å². The zero-order chi connectivity index (χ0) is 14.5. The number of halogens is 1. The topological polar surface area (TPSA) is 37.3 Å². The summed E-state index contributed by atoms with van der Waals surface area (Å²) in [4.78, 5) is 12.4. The normalized spacial score (nSPS) is 12.1. The van der Waals surface area contributed by atoms with E-state index in [0.29, 0.717) is 11.4 Å². The largest absolute Gasteiger partial charge is 0.480 e. The maximum atomic E-state index is 11.5. The molecule has 0 amide bonds. The molecule has 0 radical (unpaired) electrons. The van der Waals surface area contributed by atoms with E-state index in [1.807, 2.05) is 55.5 Å². The summed E-state index contributed by atoms with van der Waals surface area (Å²) < 4.78 is 0. The van der Waals surface area contributed by atoms with Crippen LogP contribution in [0.1, 0.15) is 11.1 Å². The molecule has 2 aromatic carbocycles. The first-order chi connectivity index (χ1) is 9.56. The average molecular weight is 307 g/mol. The standard InChI is InChI=1S/C16H15ClO2S/c1-11-7-8-13(17)9-12(11)10-15(16(18)19)20-14-5-3-2-4-6-14/h2-9,15H,10H2,1H3,(H,18,19)/t15-/m0/s1. The second kappa shape index (κ2) is 6.82. The number of benzene rings is 2. The highest BCUT2D eigenvalue weighted by molar-refractivity contribution is 8.00. The molecule has 0 saturated carbocycles. The summed E-state index contributed by atoms with van der Waals surface area (Å²) in [6.07, 6.45) is 0.460. The van der Waals surface area contributed by atoms with Crippen molar-refractivity contribution in [3.63, 3.8) is 0 Å². The van der Waals surface area contributed by atoms with Crippen LogP contribution in [0.4, 0.5) is 0 Å². The predicted molar refractivity (Wildman–Crippen MR) is 83.6 cm³/mol. The Hall–Kier alpha value is -1.45. The molecule has 0 spiro atoms. The van der Waals surface area contributed by atoms with Crippen LogP contribution in [0.2, 0.25) is 5.02 Å². The van der Waals surface area contributed by atoms with Gasteiger partial charge in [-0.05, 0) is 48.7 Å². The van der Waals surface area contributed by atoms with Crippen LogP contribution in [0.5, 0.6) is 0 Å². The highest BCUT2D eigenvalue weighted by atomic mass is 35.5. The number of aliphatic carboxylic acids is 1. The first-order valence-corrected chi connectivity index (χ1v) is 7.51. The molecule has 0 bridgehead atoms. The zero-order valence-corrected chi connectivity index (χ0v) is 12.6. The van der Waals surface area contributed by atoms with Crippen molar-refractivity contribution in [1.82, 2.24) is 0 Å². The summed E-state index contributed by atoms with van der Waals surface area (Å²) in [5.74, 6) is -0.807. The van der Waals surface area contributed by atoms with Gasteiger partial charge in [0.25, 0.3) is 0 Å². The summed E-state index contributed by atoms with van der Waals surface area (Å²) in [7, 11) is 0. The molecule has 104 valence electrons. The van der Waals surface area contributed by atoms with E-state index in [1.54, 1.807) is 0 Å². The molecule has 0 aliphatic carbocycles. The van der Waals surface area contributed by atoms with Gasteiger partial charge in [0.15, 0.2) is 0 Å². The number of carbonyl (C=O) groups is 1. The minimum atomic E-state index is -0.807. The fourth-order valence-corrected chi connectivity index (χ4v) is 3.10. The molecule has 4 heteroatoms. The maximum absolute atomic E-state index is 11.5. The molecular weight excluding hydrogens is 292 g/mol. The predicted octanol–water partition coefficient (Wildman–Crippen LogP) is 4.44. The Morgan fingerprint density at radius 1 is 1.25 bits per heavy atom. The third-order valence-corrected chi connectivity index (χ3v) is 4.45. The molecular formula is C16H15ClO2S. The van der Waals surface area contributed by atoms with Crippen LogP contribution >= 0.6 is 23.4 Å². The molecule has 0 aliphatic heterocycles. The summed E-state index contributed by atoms with van der Waals surface area (Å²) >= 11 is 7.35. The second-order valence-electron chi connectivity index (χ2n) is 4.53. The van der Waals surface area contributed by atoms with Gasteiger partial charge in [0.05, 0.1) is 0 Å². The lowest BCUT2D eigenvalue weighted by Gasteiger charge is -2.14. The summed E-state index contributed by atoms with van der Waals surface area (Å²) in [6, 6.07) is 15.2. The van der Waals surface area contributed by atoms with Gasteiger partial charge in [-0.15, -0.1) is 11.8 Å². The molecule has 1 N–H and O–H groups in total. The molecule has 2 rings (SSSR count). The molecule has 0 unspecified atom stereocenters. The van der Waals surface area contributed by atoms with Crippen LogP contribution in [0.15, 0.2) is 53.4 Å². The fourth-order valence-electron chi connectivity index (χ4n) is 1.90. The highest BCUT2D eigenvalue weighted by Gasteiger charge is 2.20. The van der Waals surface area contributed by atoms with Crippen LogP contribution in [-0.4, -0.2) is 16.3 Å². The van der Waals surface area contributed by atoms with Crippen LogP contribution in [0.25, 0.3) is 0 Å². The average Bonchev–Trinajstić information content (AvgIpc) is 2.43. The van der Waals surface area contributed by atoms with E-state index in [1.165, 1.54) is 11.8 Å². The molecule has 0 aliphatic rings. The minimum absolute atomic E-state index is 0.460. The number of carboxylic acid groups (broad SMARTS) is 1. The van der Waals surface area contributed by atoms with E-state index in [2.05, 4.69) is 0 Å². The molecule has 1 atom stereocenters. The van der Waals surface area contributed by atoms with Gasteiger partial charge in [0.2, 0.25) is 0 Å². The third kappa shape index (κ3) is 4.02. The summed E-state index contributed by atoms with van der Waals surface area (Å²) in [5.41, 5.74) is 2.04. The zero-order valence-electron chi connectivity index (χ0n) is 11.0. The Bertz CT molecular complexity index is 599. The maximum Gasteiger partial charge on any atom is 0.317 e. The van der Waals surface area contributed by atoms with Gasteiger partial charge >= 0.3 is 5.97 Å². The Balaban J connectivity index is 2.18. The van der Waals surface area contributed by atoms with Crippen LogP contribution < -0.4 is 0 Å². The lowest BCUT2D eigenvalue weighted by atomic mass is 10.0. The molecule has 0 saturated heterocycles. The van der Waals surface area contributed by atoms with Crippen molar-refractivity contribution >= 4 is 29.3 Å². The van der Waals surface area contributed by atoms with Crippen LogP contribution in [0, 0.1) is 6.92 Å². The summed E-state index contributed by atoms with van der Waals surface area (Å²) in [5, 5.41) is 9.52. The van der Waals surface area contributed by atoms with Gasteiger partial charge in [-0.3, -0.25) is 4.79 Å². The van der Waals surface area contributed by atoms with E-state index in [4.69, 9.17) is 11.6 Å². The Kier molecular flexibility index (Phi) is 5.10. The first kappa shape index (κ1) is 14.9. The number of hydrogen-bond acceptors (Lipinski definition) is 2. The van der Waals surface area contributed by atoms with Gasteiger partial charge in [0.1, 0.15) is 5.25 Å². The van der Waals surface area contributed by atoms with Crippen molar-refractivity contribution in [3.05, 3.63) is 64.7 Å². The molecule has 0 aromatic heterocycles. The van der Waals surface area contributed by atoms with Gasteiger partial charge < -0.3 is 5.11 Å². The Morgan fingerprint density at radius 3 is 2.60 bits per heavy atom. The molecule has 0 heterocycles. The molecule has 2 nitrogen and oxygen atoms in total. The van der Waals surface area contributed by atoms with Gasteiger partial charge in [0, 0.05) is 9.92 Å². The van der Waals surface area contributed by atoms with Crippen molar-refractivity contribution in [1.29, 1.82) is 0 Å². The third-order valence-electron chi connectivity index (χ3n) is 3.01. The van der Waals surface area contributed by atoms with Gasteiger partial charge in [-0.1, -0.05) is 35.9 Å². The van der Waals surface area contributed by atoms with Crippen molar-refractivity contribution in [3.8, 4) is 0 Å². The van der Waals surface area contributed by atoms with E-state index in [-0.39, 0.29) is 0 Å². The van der Waals surface area contributed by atoms with E-state index < -0.39 is 11.2 Å². The van der Waals surface area contributed by atoms with Crippen molar-refractivity contribution in [2.24, 2.45) is 0 Å².